The van der Waals surface area contributed by atoms with Gasteiger partial charge in [0.1, 0.15) is 13.2 Å². The molecular formula is C86H148NO8+. The van der Waals surface area contributed by atoms with Crippen molar-refractivity contribution in [2.45, 2.75) is 347 Å². The number of likely N-dealkylation sites (N-methyl/N-ethyl adjacent to an activating group) is 1. The van der Waals surface area contributed by atoms with Crippen LogP contribution in [-0.4, -0.2) is 87.4 Å². The van der Waals surface area contributed by atoms with Crippen LogP contribution >= 0.6 is 0 Å². The van der Waals surface area contributed by atoms with Crippen molar-refractivity contribution < 1.29 is 42.9 Å². The molecule has 0 aliphatic carbocycles. The maximum absolute atomic E-state index is 13.0. The van der Waals surface area contributed by atoms with Gasteiger partial charge in [0.2, 0.25) is 0 Å². The Morgan fingerprint density at radius 3 is 0.895 bits per heavy atom. The Labute approximate surface area is 586 Å². The summed E-state index contributed by atoms with van der Waals surface area (Å²) in [5, 5.41) is 9.77. The zero-order chi connectivity index (χ0) is 69.0. The zero-order valence-electron chi connectivity index (χ0n) is 62.3. The summed E-state index contributed by atoms with van der Waals surface area (Å²) in [6.45, 7) is 4.75. The van der Waals surface area contributed by atoms with Crippen LogP contribution in [0.15, 0.2) is 134 Å². The van der Waals surface area contributed by atoms with Crippen LogP contribution in [0, 0.1) is 0 Å². The quantitative estimate of drug-likeness (QED) is 0.0211. The van der Waals surface area contributed by atoms with Gasteiger partial charge >= 0.3 is 17.9 Å². The topological polar surface area (TPSA) is 108 Å². The molecule has 0 saturated heterocycles. The number of allylic oxidation sites excluding steroid dienone is 22. The first-order valence-electron chi connectivity index (χ1n) is 39.3. The molecule has 0 aliphatic heterocycles. The summed E-state index contributed by atoms with van der Waals surface area (Å²) >= 11 is 0. The van der Waals surface area contributed by atoms with Gasteiger partial charge in [-0.05, 0) is 96.3 Å². The number of carbonyl (C=O) groups excluding carboxylic acids is 2. The molecule has 0 fully saturated rings. The average molecular weight is 1320 g/mol. The Balaban J connectivity index is 4.15. The molecule has 0 heterocycles. The van der Waals surface area contributed by atoms with Gasteiger partial charge in [-0.15, -0.1) is 0 Å². The minimum atomic E-state index is -1.53. The summed E-state index contributed by atoms with van der Waals surface area (Å²) in [4.78, 5) is 37.7. The van der Waals surface area contributed by atoms with E-state index in [1.54, 1.807) is 0 Å². The molecule has 0 aromatic heterocycles. The molecule has 1 N–H and O–H groups in total. The van der Waals surface area contributed by atoms with Crippen molar-refractivity contribution in [2.24, 2.45) is 0 Å². The summed E-state index contributed by atoms with van der Waals surface area (Å²) in [5.74, 6) is -2.05. The molecule has 0 spiro atoms. The SMILES string of the molecule is CC/C=C\C/C=C\C/C=C\C/C=C\C/C=C\C/C=C\C/C=C\C/C=C\C/C=C\C/C=C\C/C=C\CCCCCC(=O)OC(COC(=O)CCCCCCCCCCCCCCCCCCCCCCCCCCCCCCCCCCC)COC(OCC[N+](C)(C)C)C(=O)O. The number of hydrogen-bond acceptors (Lipinski definition) is 7. The van der Waals surface area contributed by atoms with Crippen LogP contribution in [0.5, 0.6) is 0 Å². The van der Waals surface area contributed by atoms with Gasteiger partial charge in [0, 0.05) is 12.8 Å². The standard InChI is InChI=1S/C86H147NO8/c1-6-8-10-12-14-16-18-20-22-24-26-28-30-32-34-36-38-40-41-42-43-45-47-49-51-53-55-57-59-61-63-65-67-69-71-73-75-77-84(89)95-82(81-94-86(85(90)91)92-79-78-87(3,4)5)80-93-83(88)76-74-72-70-68-66-64-62-60-58-56-54-52-50-48-46-44-39-37-35-33-31-29-27-25-23-21-19-17-15-13-11-9-7-2/h8,10,14,16,20,22,26,28,32,34,38,40,42-43,47,49,53,55,59,61,65,67,82,86H,6-7,9,11-13,15,17-19,21,23-25,27,29-31,33,35-37,39,41,44-46,48,50-52,54,56-58,60,62-64,66,68-81H2,1-5H3/p+1/b10-8-,16-14-,22-20-,28-26-,34-32-,40-38-,43-42-,49-47-,55-53-,61-59-,67-65-. The second-order valence-electron chi connectivity index (χ2n) is 27.3. The molecule has 0 bridgehead atoms. The average Bonchev–Trinajstić information content (AvgIpc) is 3.75. The second-order valence-corrected chi connectivity index (χ2v) is 27.3. The maximum atomic E-state index is 13.0. The van der Waals surface area contributed by atoms with Crippen molar-refractivity contribution in [1.82, 2.24) is 0 Å². The van der Waals surface area contributed by atoms with E-state index in [1.807, 2.05) is 21.1 Å². The highest BCUT2D eigenvalue weighted by Gasteiger charge is 2.25. The predicted octanol–water partition coefficient (Wildman–Crippen LogP) is 25.3. The maximum Gasteiger partial charge on any atom is 0.361 e. The molecule has 0 radical (unpaired) electrons. The van der Waals surface area contributed by atoms with Crippen molar-refractivity contribution in [2.75, 3.05) is 47.5 Å². The largest absolute Gasteiger partial charge is 0.477 e. The number of nitrogens with zero attached hydrogens (tertiary/aromatic N) is 1. The number of ether oxygens (including phenoxy) is 4. The van der Waals surface area contributed by atoms with Gasteiger partial charge in [-0.2, -0.15) is 0 Å². The van der Waals surface area contributed by atoms with E-state index in [0.29, 0.717) is 23.9 Å². The molecule has 2 atom stereocenters. The molecule has 9 nitrogen and oxygen atoms in total. The lowest BCUT2D eigenvalue weighted by Crippen LogP contribution is -2.40. The monoisotopic (exact) mass is 1320 g/mol. The van der Waals surface area contributed by atoms with Crippen LogP contribution in [0.25, 0.3) is 0 Å². The van der Waals surface area contributed by atoms with E-state index in [1.165, 1.54) is 193 Å². The van der Waals surface area contributed by atoms with Crippen LogP contribution in [0.3, 0.4) is 0 Å². The number of carboxylic acid groups (broad SMARTS) is 1. The molecule has 0 aromatic carbocycles. The lowest BCUT2D eigenvalue weighted by Gasteiger charge is -2.25. The number of quaternary nitrogens is 1. The van der Waals surface area contributed by atoms with Gasteiger partial charge < -0.3 is 28.5 Å². The summed E-state index contributed by atoms with van der Waals surface area (Å²) in [7, 11) is 5.97. The van der Waals surface area contributed by atoms with Gasteiger partial charge in [0.05, 0.1) is 34.4 Å². The van der Waals surface area contributed by atoms with Gasteiger partial charge in [-0.1, -0.05) is 359 Å². The molecule has 2 unspecified atom stereocenters. The first-order valence-corrected chi connectivity index (χ1v) is 39.3. The number of carbonyl (C=O) groups is 3. The highest BCUT2D eigenvalue weighted by molar-refractivity contribution is 5.71. The van der Waals surface area contributed by atoms with Crippen molar-refractivity contribution in [3.63, 3.8) is 0 Å². The molecule has 9 heteroatoms. The molecule has 0 saturated carbocycles. The van der Waals surface area contributed by atoms with E-state index in [0.717, 1.165) is 109 Å². The van der Waals surface area contributed by atoms with E-state index in [9.17, 15) is 19.5 Å². The Morgan fingerprint density at radius 2 is 0.600 bits per heavy atom. The number of rotatable bonds is 72. The number of hydrogen-bond donors (Lipinski definition) is 1. The molecule has 0 aromatic rings. The molecule has 0 amide bonds. The third-order valence-corrected chi connectivity index (χ3v) is 16.9. The van der Waals surface area contributed by atoms with Crippen molar-refractivity contribution in [3.05, 3.63) is 134 Å². The van der Waals surface area contributed by atoms with E-state index < -0.39 is 24.3 Å². The number of esters is 2. The first kappa shape index (κ1) is 90.4. The number of aliphatic carboxylic acids is 1. The van der Waals surface area contributed by atoms with Crippen LogP contribution < -0.4 is 0 Å². The molecule has 0 aliphatic rings. The fourth-order valence-corrected chi connectivity index (χ4v) is 11.0. The molecule has 0 rings (SSSR count). The van der Waals surface area contributed by atoms with E-state index in [-0.39, 0.29) is 32.2 Å². The lowest BCUT2D eigenvalue weighted by molar-refractivity contribution is -0.870. The first-order chi connectivity index (χ1) is 46.6. The third-order valence-electron chi connectivity index (χ3n) is 16.9. The highest BCUT2D eigenvalue weighted by Crippen LogP contribution is 2.18. The minimum absolute atomic E-state index is 0.176. The van der Waals surface area contributed by atoms with E-state index in [4.69, 9.17) is 18.9 Å². The normalized spacial score (nSPS) is 13.4. The molecule has 95 heavy (non-hydrogen) atoms. The van der Waals surface area contributed by atoms with Crippen LogP contribution in [-0.2, 0) is 33.3 Å². The molecule has 544 valence electrons. The fourth-order valence-electron chi connectivity index (χ4n) is 11.0. The van der Waals surface area contributed by atoms with Crippen LogP contribution in [0.2, 0.25) is 0 Å². The van der Waals surface area contributed by atoms with Gasteiger partial charge in [0.15, 0.2) is 6.10 Å². The summed E-state index contributed by atoms with van der Waals surface area (Å²) < 4.78 is 23.0. The Hall–Kier alpha value is -4.57. The van der Waals surface area contributed by atoms with E-state index in [2.05, 4.69) is 148 Å². The zero-order valence-corrected chi connectivity index (χ0v) is 62.3. The Morgan fingerprint density at radius 1 is 0.326 bits per heavy atom. The van der Waals surface area contributed by atoms with Gasteiger partial charge in [-0.25, -0.2) is 4.79 Å². The van der Waals surface area contributed by atoms with Crippen LogP contribution in [0.1, 0.15) is 335 Å². The fraction of sp³-hybridized carbons (Fsp3) is 0.709. The highest BCUT2D eigenvalue weighted by atomic mass is 16.7. The van der Waals surface area contributed by atoms with E-state index >= 15 is 0 Å². The summed E-state index contributed by atoms with van der Waals surface area (Å²) in [6.07, 6.45) is 106. The summed E-state index contributed by atoms with van der Waals surface area (Å²) in [6, 6.07) is 0. The Kier molecular flexibility index (Phi) is 71.6. The summed E-state index contributed by atoms with van der Waals surface area (Å²) in [5.41, 5.74) is 0. The Bertz CT molecular complexity index is 2030. The molecular weight excluding hydrogens is 1170 g/mol. The van der Waals surface area contributed by atoms with Crippen molar-refractivity contribution in [3.8, 4) is 0 Å². The van der Waals surface area contributed by atoms with Crippen LogP contribution in [0.4, 0.5) is 0 Å². The minimum Gasteiger partial charge on any atom is -0.477 e. The predicted molar refractivity (Wildman–Crippen MR) is 410 cm³/mol. The number of carboxylic acids is 1. The smallest absolute Gasteiger partial charge is 0.361 e. The van der Waals surface area contributed by atoms with Gasteiger partial charge in [-0.3, -0.25) is 9.59 Å². The number of unbranched alkanes of at least 4 members (excludes halogenated alkanes) is 35. The van der Waals surface area contributed by atoms with Crippen molar-refractivity contribution in [1.29, 1.82) is 0 Å². The van der Waals surface area contributed by atoms with Gasteiger partial charge in [0.25, 0.3) is 6.29 Å². The second kappa shape index (κ2) is 75.2. The lowest BCUT2D eigenvalue weighted by atomic mass is 10.0. The third kappa shape index (κ3) is 76.7. The van der Waals surface area contributed by atoms with Crippen molar-refractivity contribution >= 4 is 17.9 Å².